The predicted molar refractivity (Wildman–Crippen MR) is 226 cm³/mol. The number of likely N-dealkylation sites (tertiary alicyclic amines) is 1. The van der Waals surface area contributed by atoms with Gasteiger partial charge in [0, 0.05) is 24.7 Å². The van der Waals surface area contributed by atoms with Gasteiger partial charge in [-0.15, -0.1) is 0 Å². The maximum absolute atomic E-state index is 15.1. The second kappa shape index (κ2) is 16.8. The van der Waals surface area contributed by atoms with Gasteiger partial charge in [-0.25, -0.2) is 0 Å². The summed E-state index contributed by atoms with van der Waals surface area (Å²) in [5.74, 6) is -1.40. The quantitative estimate of drug-likeness (QED) is 0.120. The molecule has 0 aromatic heterocycles. The fourth-order valence-corrected chi connectivity index (χ4v) is 11.0. The summed E-state index contributed by atoms with van der Waals surface area (Å²) in [6, 6.07) is 41.9. The van der Waals surface area contributed by atoms with E-state index in [1.54, 1.807) is 4.90 Å². The lowest BCUT2D eigenvalue weighted by Gasteiger charge is -2.49. The molecule has 8 atom stereocenters. The molecule has 2 aliphatic heterocycles. The first-order valence-corrected chi connectivity index (χ1v) is 20.9. The molecule has 6 heteroatoms. The van der Waals surface area contributed by atoms with E-state index in [0.717, 1.165) is 24.8 Å². The standard InChI is InChI=1S/C51H58N2O4/c1-35(37-18-10-6-11-19-37)28-41(39-22-14-8-15-23-39)29-42(40-24-16-9-17-25-40)30-44-47(36(2)38-20-12-7-13-21-38)49(57)52(48(44)56)34-51(5)32-43(31-50(3,4)33-51)53-45(54)26-27-46(53)55/h6-27,35-36,41-44,47H,28-34H2,1-5H3. The Morgan fingerprint density at radius 1 is 0.596 bits per heavy atom. The first-order chi connectivity index (χ1) is 27.3. The van der Waals surface area contributed by atoms with Crippen LogP contribution < -0.4 is 0 Å². The van der Waals surface area contributed by atoms with Crippen molar-refractivity contribution in [3.63, 3.8) is 0 Å². The molecule has 0 radical (unpaired) electrons. The van der Waals surface area contributed by atoms with Crippen LogP contribution in [0.25, 0.3) is 0 Å². The molecule has 7 rings (SSSR count). The Morgan fingerprint density at radius 2 is 1.09 bits per heavy atom. The first kappa shape index (κ1) is 40.1. The van der Waals surface area contributed by atoms with Gasteiger partial charge >= 0.3 is 0 Å². The van der Waals surface area contributed by atoms with Gasteiger partial charge < -0.3 is 0 Å². The zero-order chi connectivity index (χ0) is 40.3. The number of carbonyl (C=O) groups excluding carboxylic acids is 4. The average molecular weight is 763 g/mol. The minimum atomic E-state index is -0.522. The molecule has 4 aromatic carbocycles. The molecular formula is C51H58N2O4. The molecule has 8 unspecified atom stereocenters. The Kier molecular flexibility index (Phi) is 11.8. The zero-order valence-electron chi connectivity index (χ0n) is 34.2. The van der Waals surface area contributed by atoms with Crippen LogP contribution in [0.15, 0.2) is 133 Å². The summed E-state index contributed by atoms with van der Waals surface area (Å²) in [6.45, 7) is 11.1. The molecule has 1 aliphatic carbocycles. The van der Waals surface area contributed by atoms with Gasteiger partial charge in [0.05, 0.1) is 11.8 Å². The van der Waals surface area contributed by atoms with E-state index in [1.165, 1.54) is 33.7 Å². The van der Waals surface area contributed by atoms with Gasteiger partial charge in [0.15, 0.2) is 0 Å². The van der Waals surface area contributed by atoms with E-state index >= 15 is 9.59 Å². The van der Waals surface area contributed by atoms with E-state index in [1.807, 2.05) is 24.3 Å². The lowest BCUT2D eigenvalue weighted by molar-refractivity contribution is -0.148. The summed E-state index contributed by atoms with van der Waals surface area (Å²) < 4.78 is 0. The third-order valence-electron chi connectivity index (χ3n) is 13.3. The molecule has 3 aliphatic rings. The molecule has 296 valence electrons. The predicted octanol–water partition coefficient (Wildman–Crippen LogP) is 10.4. The second-order valence-electron chi connectivity index (χ2n) is 18.4. The first-order valence-electron chi connectivity index (χ1n) is 20.9. The van der Waals surface area contributed by atoms with Gasteiger partial charge in [-0.3, -0.25) is 29.0 Å². The van der Waals surface area contributed by atoms with E-state index in [-0.39, 0.29) is 59.4 Å². The van der Waals surface area contributed by atoms with Crippen LogP contribution in [0.3, 0.4) is 0 Å². The van der Waals surface area contributed by atoms with E-state index in [9.17, 15) is 9.59 Å². The average Bonchev–Trinajstić information content (AvgIpc) is 3.66. The molecule has 4 amide bonds. The summed E-state index contributed by atoms with van der Waals surface area (Å²) in [4.78, 5) is 58.8. The highest BCUT2D eigenvalue weighted by Crippen LogP contribution is 2.51. The molecule has 57 heavy (non-hydrogen) atoms. The number of hydrogen-bond acceptors (Lipinski definition) is 4. The minimum Gasteiger partial charge on any atom is -0.282 e. The van der Waals surface area contributed by atoms with Crippen LogP contribution in [0.2, 0.25) is 0 Å². The highest BCUT2D eigenvalue weighted by Gasteiger charge is 2.54. The Hall–Kier alpha value is -5.10. The molecule has 2 fully saturated rings. The van der Waals surface area contributed by atoms with Crippen LogP contribution in [0.4, 0.5) is 0 Å². The van der Waals surface area contributed by atoms with Crippen molar-refractivity contribution >= 4 is 23.6 Å². The summed E-state index contributed by atoms with van der Waals surface area (Å²) in [5, 5.41) is 0. The Labute approximate surface area is 339 Å². The molecule has 4 aromatic rings. The van der Waals surface area contributed by atoms with E-state index in [2.05, 4.69) is 132 Å². The third kappa shape index (κ3) is 8.91. The smallest absolute Gasteiger partial charge is 0.253 e. The molecule has 0 N–H and O–H groups in total. The van der Waals surface area contributed by atoms with Crippen LogP contribution >= 0.6 is 0 Å². The molecule has 1 saturated carbocycles. The Morgan fingerprint density at radius 3 is 1.63 bits per heavy atom. The fraction of sp³-hybridized carbons (Fsp3) is 0.412. The minimum absolute atomic E-state index is 0.0276. The number of benzene rings is 4. The summed E-state index contributed by atoms with van der Waals surface area (Å²) in [6.07, 6.45) is 7.05. The second-order valence-corrected chi connectivity index (χ2v) is 18.4. The van der Waals surface area contributed by atoms with E-state index in [0.29, 0.717) is 25.2 Å². The van der Waals surface area contributed by atoms with Crippen molar-refractivity contribution in [2.45, 2.75) is 103 Å². The molecule has 0 bridgehead atoms. The normalized spacial score (nSPS) is 25.5. The van der Waals surface area contributed by atoms with Crippen LogP contribution in [0, 0.1) is 22.7 Å². The van der Waals surface area contributed by atoms with Gasteiger partial charge in [0.25, 0.3) is 11.8 Å². The van der Waals surface area contributed by atoms with Crippen LogP contribution in [-0.4, -0.2) is 46.0 Å². The lowest BCUT2D eigenvalue weighted by atomic mass is 9.62. The van der Waals surface area contributed by atoms with Gasteiger partial charge in [0.1, 0.15) is 0 Å². The topological polar surface area (TPSA) is 74.8 Å². The fourth-order valence-electron chi connectivity index (χ4n) is 11.0. The van der Waals surface area contributed by atoms with Crippen LogP contribution in [-0.2, 0) is 19.2 Å². The number of imide groups is 2. The summed E-state index contributed by atoms with van der Waals surface area (Å²) >= 11 is 0. The number of rotatable bonds is 14. The molecule has 0 spiro atoms. The van der Waals surface area contributed by atoms with Crippen molar-refractivity contribution in [1.29, 1.82) is 0 Å². The highest BCUT2D eigenvalue weighted by molar-refractivity contribution is 6.13. The Bertz CT molecular complexity index is 2050. The number of nitrogens with zero attached hydrogens (tertiary/aromatic N) is 2. The van der Waals surface area contributed by atoms with E-state index in [4.69, 9.17) is 0 Å². The maximum Gasteiger partial charge on any atom is 0.253 e. The summed E-state index contributed by atoms with van der Waals surface area (Å²) in [7, 11) is 0. The Balaban J connectivity index is 1.22. The van der Waals surface area contributed by atoms with Gasteiger partial charge in [0.2, 0.25) is 11.8 Å². The molecule has 1 saturated heterocycles. The van der Waals surface area contributed by atoms with Crippen molar-refractivity contribution in [3.05, 3.63) is 156 Å². The van der Waals surface area contributed by atoms with Gasteiger partial charge in [-0.05, 0) is 95.3 Å². The van der Waals surface area contributed by atoms with Gasteiger partial charge in [-0.2, -0.15) is 0 Å². The van der Waals surface area contributed by atoms with Crippen molar-refractivity contribution in [2.24, 2.45) is 22.7 Å². The SMILES string of the molecule is CC(CC(CC(CC1C(=O)N(CC2(C)CC(N3C(=O)C=CC3=O)CC(C)(C)C2)C(=O)C1C(C)c1ccccc1)c1ccccc1)c1ccccc1)c1ccccc1. The van der Waals surface area contributed by atoms with Crippen molar-refractivity contribution in [3.8, 4) is 0 Å². The monoisotopic (exact) mass is 762 g/mol. The lowest BCUT2D eigenvalue weighted by Crippen LogP contribution is -2.52. The molecular weight excluding hydrogens is 705 g/mol. The number of amides is 4. The van der Waals surface area contributed by atoms with Crippen molar-refractivity contribution < 1.29 is 19.2 Å². The zero-order valence-corrected chi connectivity index (χ0v) is 34.2. The number of carbonyl (C=O) groups is 4. The highest BCUT2D eigenvalue weighted by atomic mass is 16.2. The molecule has 6 nitrogen and oxygen atoms in total. The van der Waals surface area contributed by atoms with Crippen LogP contribution in [0.1, 0.15) is 119 Å². The van der Waals surface area contributed by atoms with Gasteiger partial charge in [-0.1, -0.05) is 156 Å². The van der Waals surface area contributed by atoms with E-state index < -0.39 is 17.3 Å². The summed E-state index contributed by atoms with van der Waals surface area (Å²) in [5.41, 5.74) is 4.15. The molecule has 2 heterocycles. The number of hydrogen-bond donors (Lipinski definition) is 0. The van der Waals surface area contributed by atoms with Crippen molar-refractivity contribution in [2.75, 3.05) is 6.54 Å². The maximum atomic E-state index is 15.1. The largest absolute Gasteiger partial charge is 0.282 e. The van der Waals surface area contributed by atoms with Crippen molar-refractivity contribution in [1.82, 2.24) is 9.80 Å². The third-order valence-corrected chi connectivity index (χ3v) is 13.3. The van der Waals surface area contributed by atoms with Crippen LogP contribution in [0.5, 0.6) is 0 Å².